The highest BCUT2D eigenvalue weighted by molar-refractivity contribution is 5.42. The van der Waals surface area contributed by atoms with Gasteiger partial charge in [-0.25, -0.2) is 14.4 Å². The van der Waals surface area contributed by atoms with E-state index in [0.717, 1.165) is 38.3 Å². The van der Waals surface area contributed by atoms with Crippen LogP contribution in [0.2, 0.25) is 0 Å². The molecule has 7 heteroatoms. The van der Waals surface area contributed by atoms with Crippen molar-refractivity contribution in [1.82, 2.24) is 15.0 Å². The lowest BCUT2D eigenvalue weighted by Crippen LogP contribution is -2.60. The molecule has 2 aliphatic rings. The molecule has 1 spiro atoms. The molecule has 4 heterocycles. The van der Waals surface area contributed by atoms with Crippen molar-refractivity contribution < 1.29 is 9.13 Å². The summed E-state index contributed by atoms with van der Waals surface area (Å²) in [4.78, 5) is 17.0. The van der Waals surface area contributed by atoms with Crippen molar-refractivity contribution in [3.05, 3.63) is 42.7 Å². The Hall–Kier alpha value is -2.28. The Balaban J connectivity index is 1.55. The highest BCUT2D eigenvalue weighted by atomic mass is 19.1. The zero-order chi connectivity index (χ0) is 16.4. The van der Waals surface area contributed by atoms with Crippen LogP contribution in [0.4, 0.5) is 16.0 Å². The number of pyridine rings is 1. The maximum atomic E-state index is 14.1. The summed E-state index contributed by atoms with van der Waals surface area (Å²) in [6.45, 7) is 3.59. The Morgan fingerprint density at radius 3 is 2.83 bits per heavy atom. The highest BCUT2D eigenvalue weighted by Crippen LogP contribution is 2.32. The van der Waals surface area contributed by atoms with E-state index in [9.17, 15) is 4.39 Å². The van der Waals surface area contributed by atoms with Gasteiger partial charge in [0.05, 0.1) is 25.9 Å². The normalized spacial score (nSPS) is 24.4. The van der Waals surface area contributed by atoms with Crippen LogP contribution in [-0.2, 0) is 4.74 Å². The third kappa shape index (κ3) is 2.91. The summed E-state index contributed by atoms with van der Waals surface area (Å²) in [7, 11) is 0. The minimum atomic E-state index is -0.321. The Labute approximate surface area is 140 Å². The number of ether oxygens (including phenoxy) is 1. The first-order valence-electron chi connectivity index (χ1n) is 8.26. The summed E-state index contributed by atoms with van der Waals surface area (Å²) < 4.78 is 20.3. The number of hydrogen-bond donors (Lipinski definition) is 0. The summed E-state index contributed by atoms with van der Waals surface area (Å²) in [5.41, 5.74) is -0.321. The second kappa shape index (κ2) is 6.32. The van der Waals surface area contributed by atoms with Crippen LogP contribution >= 0.6 is 0 Å². The van der Waals surface area contributed by atoms with Gasteiger partial charge in [-0.05, 0) is 25.0 Å². The van der Waals surface area contributed by atoms with Crippen LogP contribution in [0, 0.1) is 5.82 Å². The minimum absolute atomic E-state index is 0.281. The molecule has 2 aliphatic heterocycles. The monoisotopic (exact) mass is 329 g/mol. The number of aromatic nitrogens is 3. The van der Waals surface area contributed by atoms with Crippen molar-refractivity contribution in [2.75, 3.05) is 42.6 Å². The summed E-state index contributed by atoms with van der Waals surface area (Å²) in [5, 5.41) is 0. The second-order valence-corrected chi connectivity index (χ2v) is 6.35. The van der Waals surface area contributed by atoms with Crippen molar-refractivity contribution in [2.45, 2.75) is 18.4 Å². The fraction of sp³-hybridized carbons (Fsp3) is 0.471. The van der Waals surface area contributed by atoms with Gasteiger partial charge in [0.25, 0.3) is 0 Å². The first-order chi connectivity index (χ1) is 11.8. The van der Waals surface area contributed by atoms with E-state index < -0.39 is 0 Å². The smallest absolute Gasteiger partial charge is 0.165 e. The molecule has 1 atom stereocenters. The van der Waals surface area contributed by atoms with Crippen LogP contribution in [0.3, 0.4) is 0 Å². The zero-order valence-electron chi connectivity index (χ0n) is 13.4. The predicted molar refractivity (Wildman–Crippen MR) is 88.6 cm³/mol. The molecule has 4 rings (SSSR count). The lowest BCUT2D eigenvalue weighted by molar-refractivity contribution is -0.0632. The van der Waals surface area contributed by atoms with Crippen LogP contribution in [0.25, 0.3) is 0 Å². The molecule has 0 bridgehead atoms. The number of rotatable bonds is 2. The average Bonchev–Trinajstić information content (AvgIpc) is 2.63. The van der Waals surface area contributed by atoms with Crippen LogP contribution in [0.1, 0.15) is 12.8 Å². The van der Waals surface area contributed by atoms with Gasteiger partial charge in [-0.2, -0.15) is 0 Å². The number of piperidine rings is 1. The lowest BCUT2D eigenvalue weighted by Gasteiger charge is -2.48. The number of halogens is 1. The second-order valence-electron chi connectivity index (χ2n) is 6.35. The molecule has 0 unspecified atom stereocenters. The Morgan fingerprint density at radius 2 is 2.00 bits per heavy atom. The van der Waals surface area contributed by atoms with Crippen molar-refractivity contribution in [3.63, 3.8) is 0 Å². The average molecular weight is 329 g/mol. The summed E-state index contributed by atoms with van der Waals surface area (Å²) in [6.07, 6.45) is 8.68. The van der Waals surface area contributed by atoms with E-state index in [-0.39, 0.29) is 11.4 Å². The molecule has 24 heavy (non-hydrogen) atoms. The fourth-order valence-electron chi connectivity index (χ4n) is 3.63. The molecule has 0 aromatic carbocycles. The summed E-state index contributed by atoms with van der Waals surface area (Å²) >= 11 is 0. The first kappa shape index (κ1) is 15.3. The molecular formula is C17H20FN5O. The van der Waals surface area contributed by atoms with Gasteiger partial charge in [0, 0.05) is 31.7 Å². The molecule has 0 saturated carbocycles. The van der Waals surface area contributed by atoms with Crippen molar-refractivity contribution >= 4 is 11.6 Å². The summed E-state index contributed by atoms with van der Waals surface area (Å²) in [5.74, 6) is 0.995. The van der Waals surface area contributed by atoms with E-state index in [1.54, 1.807) is 30.9 Å². The highest BCUT2D eigenvalue weighted by Gasteiger charge is 2.41. The number of nitrogens with zero attached hydrogens (tertiary/aromatic N) is 5. The Morgan fingerprint density at radius 1 is 1.08 bits per heavy atom. The Kier molecular flexibility index (Phi) is 4.02. The predicted octanol–water partition coefficient (Wildman–Crippen LogP) is 1.89. The minimum Gasteiger partial charge on any atom is -0.369 e. The molecule has 2 aromatic heterocycles. The van der Waals surface area contributed by atoms with Gasteiger partial charge in [-0.3, -0.25) is 4.98 Å². The molecule has 0 radical (unpaired) electrons. The van der Waals surface area contributed by atoms with Gasteiger partial charge in [0.15, 0.2) is 11.6 Å². The molecule has 0 aliphatic carbocycles. The van der Waals surface area contributed by atoms with E-state index in [0.29, 0.717) is 19.0 Å². The quantitative estimate of drug-likeness (QED) is 0.839. The number of hydrogen-bond acceptors (Lipinski definition) is 6. The Bertz CT molecular complexity index is 696. The lowest BCUT2D eigenvalue weighted by atomic mass is 9.90. The largest absolute Gasteiger partial charge is 0.369 e. The zero-order valence-corrected chi connectivity index (χ0v) is 13.4. The van der Waals surface area contributed by atoms with Gasteiger partial charge < -0.3 is 14.5 Å². The van der Waals surface area contributed by atoms with Gasteiger partial charge in [0.1, 0.15) is 11.4 Å². The molecule has 2 fully saturated rings. The van der Waals surface area contributed by atoms with E-state index >= 15 is 0 Å². The number of anilines is 2. The molecule has 0 amide bonds. The fourth-order valence-corrected chi connectivity index (χ4v) is 3.63. The van der Waals surface area contributed by atoms with Crippen LogP contribution in [0.15, 0.2) is 36.9 Å². The molecular weight excluding hydrogens is 309 g/mol. The van der Waals surface area contributed by atoms with Crippen LogP contribution in [-0.4, -0.2) is 53.3 Å². The van der Waals surface area contributed by atoms with Crippen LogP contribution < -0.4 is 9.80 Å². The van der Waals surface area contributed by atoms with Crippen molar-refractivity contribution in [3.8, 4) is 0 Å². The molecule has 2 aromatic rings. The standard InChI is InChI=1S/C17H20FN5O/c18-14-3-1-5-21-16(14)23-8-2-4-17(13-23)12-22(9-10-24-17)15-11-19-6-7-20-15/h1,3,5-7,11H,2,4,8-10,12-13H2/t17-/m0/s1. The third-order valence-electron chi connectivity index (χ3n) is 4.70. The maximum Gasteiger partial charge on any atom is 0.165 e. The van der Waals surface area contributed by atoms with E-state index in [1.807, 2.05) is 4.90 Å². The van der Waals surface area contributed by atoms with Gasteiger partial charge in [-0.1, -0.05) is 0 Å². The molecule has 6 nitrogen and oxygen atoms in total. The third-order valence-corrected chi connectivity index (χ3v) is 4.70. The van der Waals surface area contributed by atoms with Crippen molar-refractivity contribution in [2.24, 2.45) is 0 Å². The molecule has 0 N–H and O–H groups in total. The number of morpholine rings is 1. The maximum absolute atomic E-state index is 14.1. The SMILES string of the molecule is Fc1cccnc1N1CCC[C@]2(CN(c3cnccn3)CCO2)C1. The van der Waals surface area contributed by atoms with E-state index in [4.69, 9.17) is 4.74 Å². The van der Waals surface area contributed by atoms with E-state index in [1.165, 1.54) is 6.07 Å². The molecule has 2 saturated heterocycles. The van der Waals surface area contributed by atoms with Gasteiger partial charge >= 0.3 is 0 Å². The van der Waals surface area contributed by atoms with Crippen LogP contribution in [0.5, 0.6) is 0 Å². The van der Waals surface area contributed by atoms with Crippen molar-refractivity contribution in [1.29, 1.82) is 0 Å². The van der Waals surface area contributed by atoms with Gasteiger partial charge in [-0.15, -0.1) is 0 Å². The molecule has 126 valence electrons. The summed E-state index contributed by atoms with van der Waals surface area (Å²) in [6, 6.07) is 3.07. The topological polar surface area (TPSA) is 54.4 Å². The van der Waals surface area contributed by atoms with Gasteiger partial charge in [0.2, 0.25) is 0 Å². The first-order valence-corrected chi connectivity index (χ1v) is 8.26. The van der Waals surface area contributed by atoms with E-state index in [2.05, 4.69) is 19.9 Å².